The highest BCUT2D eigenvalue weighted by Gasteiger charge is 2.31. The first-order valence-electron chi connectivity index (χ1n) is 7.55. The lowest BCUT2D eigenvalue weighted by Crippen LogP contribution is -2.26. The fraction of sp³-hybridized carbons (Fsp3) is 0.600. The van der Waals surface area contributed by atoms with E-state index in [1.807, 2.05) is 17.9 Å². The maximum Gasteiger partial charge on any atom is 0.0688 e. The summed E-state index contributed by atoms with van der Waals surface area (Å²) in [6, 6.07) is 0. The van der Waals surface area contributed by atoms with Crippen molar-refractivity contribution in [1.82, 2.24) is 24.9 Å². The molecule has 106 valence electrons. The Kier molecular flexibility index (Phi) is 2.88. The number of H-pyrrole nitrogens is 1. The summed E-state index contributed by atoms with van der Waals surface area (Å²) < 4.78 is 1.88. The molecule has 0 spiro atoms. The monoisotopic (exact) mass is 271 g/mol. The van der Waals surface area contributed by atoms with Crippen LogP contribution in [0.3, 0.4) is 0 Å². The minimum absolute atomic E-state index is 0.750. The Bertz CT molecular complexity index is 608. The van der Waals surface area contributed by atoms with Crippen molar-refractivity contribution in [3.05, 3.63) is 34.9 Å². The lowest BCUT2D eigenvalue weighted by atomic mass is 10.1. The quantitative estimate of drug-likeness (QED) is 0.923. The molecule has 1 aliphatic heterocycles. The van der Waals surface area contributed by atoms with Gasteiger partial charge < -0.3 is 0 Å². The third-order valence-electron chi connectivity index (χ3n) is 4.47. The first-order chi connectivity index (χ1) is 9.79. The Morgan fingerprint density at radius 3 is 2.90 bits per heavy atom. The van der Waals surface area contributed by atoms with Gasteiger partial charge in [0.2, 0.25) is 0 Å². The first kappa shape index (κ1) is 12.1. The van der Waals surface area contributed by atoms with E-state index in [-0.39, 0.29) is 0 Å². The van der Waals surface area contributed by atoms with Crippen LogP contribution in [-0.4, -0.2) is 38.0 Å². The SMILES string of the molecule is Cn1cc(CN2CCc3[nH]nc(C4CC4)c3CC2)cn1. The second-order valence-corrected chi connectivity index (χ2v) is 6.14. The Balaban J connectivity index is 1.46. The molecular formula is C15H21N5. The minimum atomic E-state index is 0.750. The van der Waals surface area contributed by atoms with E-state index in [1.54, 1.807) is 0 Å². The van der Waals surface area contributed by atoms with Crippen LogP contribution < -0.4 is 0 Å². The van der Waals surface area contributed by atoms with E-state index in [9.17, 15) is 0 Å². The summed E-state index contributed by atoms with van der Waals surface area (Å²) in [5.41, 5.74) is 5.56. The Labute approximate surface area is 119 Å². The van der Waals surface area contributed by atoms with Crippen molar-refractivity contribution in [2.45, 2.75) is 38.1 Å². The molecule has 2 aliphatic rings. The largest absolute Gasteiger partial charge is 0.298 e. The maximum atomic E-state index is 4.56. The number of fused-ring (bicyclic) bond motifs is 1. The predicted molar refractivity (Wildman–Crippen MR) is 76.5 cm³/mol. The topological polar surface area (TPSA) is 49.7 Å². The molecule has 1 saturated carbocycles. The molecule has 5 heteroatoms. The Hall–Kier alpha value is -1.62. The third kappa shape index (κ3) is 2.26. The molecule has 2 aromatic heterocycles. The lowest BCUT2D eigenvalue weighted by molar-refractivity contribution is 0.278. The second-order valence-electron chi connectivity index (χ2n) is 6.14. The van der Waals surface area contributed by atoms with E-state index in [2.05, 4.69) is 26.4 Å². The van der Waals surface area contributed by atoms with Gasteiger partial charge in [0.15, 0.2) is 0 Å². The number of aromatic amines is 1. The van der Waals surface area contributed by atoms with Crippen molar-refractivity contribution in [3.8, 4) is 0 Å². The normalized spacial score (nSPS) is 19.9. The fourth-order valence-corrected chi connectivity index (χ4v) is 3.22. The molecule has 0 aromatic carbocycles. The van der Waals surface area contributed by atoms with Crippen LogP contribution in [0.5, 0.6) is 0 Å². The molecule has 5 nitrogen and oxygen atoms in total. The van der Waals surface area contributed by atoms with Gasteiger partial charge in [-0.1, -0.05) is 0 Å². The minimum Gasteiger partial charge on any atom is -0.298 e. The molecule has 3 heterocycles. The zero-order chi connectivity index (χ0) is 13.5. The lowest BCUT2D eigenvalue weighted by Gasteiger charge is -2.18. The van der Waals surface area contributed by atoms with E-state index in [0.29, 0.717) is 0 Å². The zero-order valence-electron chi connectivity index (χ0n) is 12.0. The maximum absolute atomic E-state index is 4.56. The predicted octanol–water partition coefficient (Wildman–Crippen LogP) is 1.62. The van der Waals surface area contributed by atoms with Crippen molar-refractivity contribution in [2.24, 2.45) is 7.05 Å². The van der Waals surface area contributed by atoms with Crippen LogP contribution in [0.15, 0.2) is 12.4 Å². The van der Waals surface area contributed by atoms with Crippen LogP contribution in [0, 0.1) is 0 Å². The molecule has 2 aromatic rings. The molecular weight excluding hydrogens is 250 g/mol. The van der Waals surface area contributed by atoms with Gasteiger partial charge >= 0.3 is 0 Å². The van der Waals surface area contributed by atoms with Gasteiger partial charge in [0.25, 0.3) is 0 Å². The van der Waals surface area contributed by atoms with Gasteiger partial charge in [-0.2, -0.15) is 10.2 Å². The molecule has 4 rings (SSSR count). The summed E-state index contributed by atoms with van der Waals surface area (Å²) >= 11 is 0. The summed E-state index contributed by atoms with van der Waals surface area (Å²) in [4.78, 5) is 2.53. The average Bonchev–Trinajstić information content (AvgIpc) is 3.13. The number of rotatable bonds is 3. The zero-order valence-corrected chi connectivity index (χ0v) is 12.0. The van der Waals surface area contributed by atoms with Crippen LogP contribution in [0.1, 0.15) is 41.3 Å². The Morgan fingerprint density at radius 2 is 2.15 bits per heavy atom. The van der Waals surface area contributed by atoms with Crippen LogP contribution in [0.2, 0.25) is 0 Å². The molecule has 1 fully saturated rings. The summed E-state index contributed by atoms with van der Waals surface area (Å²) in [6.07, 6.45) is 8.98. The van der Waals surface area contributed by atoms with Crippen molar-refractivity contribution >= 4 is 0 Å². The van der Waals surface area contributed by atoms with Gasteiger partial charge in [0, 0.05) is 56.5 Å². The van der Waals surface area contributed by atoms with Gasteiger partial charge in [-0.15, -0.1) is 0 Å². The Morgan fingerprint density at radius 1 is 1.30 bits per heavy atom. The summed E-state index contributed by atoms with van der Waals surface area (Å²) in [5, 5.41) is 12.1. The van der Waals surface area contributed by atoms with E-state index in [4.69, 9.17) is 0 Å². The van der Waals surface area contributed by atoms with Gasteiger partial charge in [-0.3, -0.25) is 14.7 Å². The molecule has 0 bridgehead atoms. The van der Waals surface area contributed by atoms with Crippen molar-refractivity contribution in [2.75, 3.05) is 13.1 Å². The molecule has 0 amide bonds. The molecule has 1 aliphatic carbocycles. The molecule has 0 atom stereocenters. The van der Waals surface area contributed by atoms with Gasteiger partial charge in [0.1, 0.15) is 0 Å². The second kappa shape index (κ2) is 4.74. The van der Waals surface area contributed by atoms with Crippen molar-refractivity contribution < 1.29 is 0 Å². The molecule has 0 radical (unpaired) electrons. The first-order valence-corrected chi connectivity index (χ1v) is 7.55. The van der Waals surface area contributed by atoms with E-state index in [1.165, 1.54) is 35.4 Å². The van der Waals surface area contributed by atoms with Gasteiger partial charge in [-0.25, -0.2) is 0 Å². The number of nitrogens with zero attached hydrogens (tertiary/aromatic N) is 4. The smallest absolute Gasteiger partial charge is 0.0688 e. The number of aromatic nitrogens is 4. The van der Waals surface area contributed by atoms with Gasteiger partial charge in [-0.05, 0) is 24.8 Å². The summed E-state index contributed by atoms with van der Waals surface area (Å²) in [6.45, 7) is 3.24. The van der Waals surface area contributed by atoms with Crippen LogP contribution in [0.25, 0.3) is 0 Å². The molecule has 1 N–H and O–H groups in total. The highest BCUT2D eigenvalue weighted by molar-refractivity contribution is 5.32. The standard InChI is InChI=1S/C15H21N5/c1-19-9-11(8-16-19)10-20-6-4-13-14(5-7-20)17-18-15(13)12-2-3-12/h8-9,12H,2-7,10H2,1H3,(H,17,18). The molecule has 0 unspecified atom stereocenters. The number of hydrogen-bond acceptors (Lipinski definition) is 3. The summed E-state index contributed by atoms with van der Waals surface area (Å²) in [7, 11) is 1.98. The van der Waals surface area contributed by atoms with E-state index >= 15 is 0 Å². The van der Waals surface area contributed by atoms with Crippen LogP contribution in [0.4, 0.5) is 0 Å². The third-order valence-corrected chi connectivity index (χ3v) is 4.47. The fourth-order valence-electron chi connectivity index (χ4n) is 3.22. The van der Waals surface area contributed by atoms with Crippen LogP contribution in [-0.2, 0) is 26.4 Å². The average molecular weight is 271 g/mol. The van der Waals surface area contributed by atoms with Crippen LogP contribution >= 0.6 is 0 Å². The summed E-state index contributed by atoms with van der Waals surface area (Å²) in [5.74, 6) is 0.750. The van der Waals surface area contributed by atoms with E-state index < -0.39 is 0 Å². The number of nitrogens with one attached hydrogen (secondary N) is 1. The van der Waals surface area contributed by atoms with Crippen molar-refractivity contribution in [3.63, 3.8) is 0 Å². The number of aryl methyl sites for hydroxylation is 1. The molecule has 20 heavy (non-hydrogen) atoms. The van der Waals surface area contributed by atoms with Crippen molar-refractivity contribution in [1.29, 1.82) is 0 Å². The van der Waals surface area contributed by atoms with E-state index in [0.717, 1.165) is 38.4 Å². The highest BCUT2D eigenvalue weighted by Crippen LogP contribution is 2.41. The van der Waals surface area contributed by atoms with Gasteiger partial charge in [0.05, 0.1) is 11.9 Å². The molecule has 0 saturated heterocycles. The highest BCUT2D eigenvalue weighted by atomic mass is 15.2. The number of hydrogen-bond donors (Lipinski definition) is 1.